The molecule has 1 N–H and O–H groups in total. The van der Waals surface area contributed by atoms with Crippen molar-refractivity contribution in [3.05, 3.63) is 59.7 Å². The maximum Gasteiger partial charge on any atom is 0.242 e. The second kappa shape index (κ2) is 13.7. The van der Waals surface area contributed by atoms with Crippen LogP contribution in [0.15, 0.2) is 48.5 Å². The number of nitrogens with zero attached hydrogens (tertiary/aromatic N) is 1. The zero-order chi connectivity index (χ0) is 23.3. The summed E-state index contributed by atoms with van der Waals surface area (Å²) < 4.78 is 10.5. The molecule has 32 heavy (non-hydrogen) atoms. The van der Waals surface area contributed by atoms with Crippen LogP contribution in [0.4, 0.5) is 0 Å². The van der Waals surface area contributed by atoms with Gasteiger partial charge in [0, 0.05) is 18.8 Å². The average Bonchev–Trinajstić information content (AvgIpc) is 2.82. The smallest absolute Gasteiger partial charge is 0.242 e. The molecule has 0 aromatic heterocycles. The monoisotopic (exact) mass is 458 g/mol. The summed E-state index contributed by atoms with van der Waals surface area (Å²) in [5, 5.41) is 2.94. The molecule has 174 valence electrons. The lowest BCUT2D eigenvalue weighted by atomic mass is 10.1. The molecule has 0 bridgehead atoms. The van der Waals surface area contributed by atoms with Crippen molar-refractivity contribution in [2.75, 3.05) is 26.5 Å². The number of ether oxygens (including phenoxy) is 2. The van der Waals surface area contributed by atoms with Gasteiger partial charge in [0.15, 0.2) is 0 Å². The molecular formula is C25H34N2O4S. The fraction of sp³-hybridized carbons (Fsp3) is 0.440. The third kappa shape index (κ3) is 8.11. The lowest BCUT2D eigenvalue weighted by molar-refractivity contribution is -0.138. The number of hydrogen-bond acceptors (Lipinski definition) is 5. The van der Waals surface area contributed by atoms with Gasteiger partial charge in [-0.2, -0.15) is 0 Å². The minimum atomic E-state index is -0.563. The first-order valence-corrected chi connectivity index (χ1v) is 12.0. The maximum atomic E-state index is 13.1. The molecule has 0 aliphatic rings. The van der Waals surface area contributed by atoms with Gasteiger partial charge in [-0.1, -0.05) is 37.6 Å². The molecule has 0 saturated carbocycles. The summed E-state index contributed by atoms with van der Waals surface area (Å²) in [5.74, 6) is 2.34. The van der Waals surface area contributed by atoms with Crippen molar-refractivity contribution in [2.45, 2.75) is 45.0 Å². The van der Waals surface area contributed by atoms with Gasteiger partial charge in [0.05, 0.1) is 20.0 Å². The molecule has 0 fully saturated rings. The number of carbonyl (C=O) groups is 2. The minimum absolute atomic E-state index is 0.0653. The van der Waals surface area contributed by atoms with Crippen molar-refractivity contribution in [2.24, 2.45) is 0 Å². The third-order valence-corrected chi connectivity index (χ3v) is 6.13. The quantitative estimate of drug-likeness (QED) is 0.454. The minimum Gasteiger partial charge on any atom is -0.497 e. The normalized spacial score (nSPS) is 11.5. The van der Waals surface area contributed by atoms with E-state index in [2.05, 4.69) is 12.2 Å². The van der Waals surface area contributed by atoms with E-state index in [-0.39, 0.29) is 11.8 Å². The molecule has 0 saturated heterocycles. The number of nitrogens with one attached hydrogen (secondary N) is 1. The lowest BCUT2D eigenvalue weighted by Gasteiger charge is -2.29. The predicted octanol–water partition coefficient (Wildman–Crippen LogP) is 4.27. The molecule has 2 aromatic rings. The zero-order valence-electron chi connectivity index (χ0n) is 19.4. The Morgan fingerprint density at radius 1 is 1.03 bits per heavy atom. The molecule has 2 rings (SSSR count). The summed E-state index contributed by atoms with van der Waals surface area (Å²) >= 11 is 1.54. The fourth-order valence-corrected chi connectivity index (χ4v) is 4.02. The summed E-state index contributed by atoms with van der Waals surface area (Å²) in [5.41, 5.74) is 2.04. The molecule has 7 heteroatoms. The number of unbranched alkanes of at least 4 members (excludes halogenated alkanes) is 1. The van der Waals surface area contributed by atoms with Gasteiger partial charge >= 0.3 is 0 Å². The van der Waals surface area contributed by atoms with Gasteiger partial charge < -0.3 is 19.7 Å². The predicted molar refractivity (Wildman–Crippen MR) is 130 cm³/mol. The van der Waals surface area contributed by atoms with Crippen molar-refractivity contribution in [1.82, 2.24) is 10.2 Å². The zero-order valence-corrected chi connectivity index (χ0v) is 20.2. The number of methoxy groups -OCH3 is 2. The Hall–Kier alpha value is -2.67. The molecule has 0 aliphatic heterocycles. The van der Waals surface area contributed by atoms with E-state index in [0.29, 0.717) is 24.6 Å². The fourth-order valence-electron chi connectivity index (χ4n) is 3.15. The Bertz CT molecular complexity index is 857. The maximum absolute atomic E-state index is 13.1. The van der Waals surface area contributed by atoms with E-state index in [1.54, 1.807) is 26.0 Å². The van der Waals surface area contributed by atoms with Gasteiger partial charge in [-0.05, 0) is 48.7 Å². The van der Waals surface area contributed by atoms with E-state index in [1.807, 2.05) is 48.5 Å². The molecule has 2 amide bonds. The highest BCUT2D eigenvalue weighted by molar-refractivity contribution is 7.99. The molecule has 6 nitrogen and oxygen atoms in total. The van der Waals surface area contributed by atoms with Gasteiger partial charge in [0.1, 0.15) is 17.5 Å². The first kappa shape index (κ1) is 25.6. The Labute approximate surface area is 195 Å². The Kier molecular flexibility index (Phi) is 10.9. The van der Waals surface area contributed by atoms with Crippen molar-refractivity contribution >= 4 is 23.6 Å². The molecular weight excluding hydrogens is 424 g/mol. The molecule has 0 spiro atoms. The van der Waals surface area contributed by atoms with Gasteiger partial charge in [-0.15, -0.1) is 11.8 Å². The van der Waals surface area contributed by atoms with Crippen LogP contribution >= 0.6 is 11.8 Å². The number of carbonyl (C=O) groups excluding carboxylic acids is 2. The summed E-state index contributed by atoms with van der Waals surface area (Å²) in [6.45, 7) is 4.83. The first-order chi connectivity index (χ1) is 15.5. The van der Waals surface area contributed by atoms with Crippen molar-refractivity contribution in [1.29, 1.82) is 0 Å². The van der Waals surface area contributed by atoms with E-state index < -0.39 is 6.04 Å². The van der Waals surface area contributed by atoms with Crippen LogP contribution in [-0.4, -0.2) is 49.3 Å². The second-order valence-electron chi connectivity index (χ2n) is 7.53. The van der Waals surface area contributed by atoms with Crippen molar-refractivity contribution in [3.8, 4) is 11.5 Å². The Balaban J connectivity index is 2.05. The van der Waals surface area contributed by atoms with Crippen LogP contribution in [-0.2, 0) is 21.9 Å². The molecule has 0 radical (unpaired) electrons. The first-order valence-electron chi connectivity index (χ1n) is 10.9. The highest BCUT2D eigenvalue weighted by Crippen LogP contribution is 2.20. The Morgan fingerprint density at radius 3 is 2.41 bits per heavy atom. The van der Waals surface area contributed by atoms with Crippen LogP contribution in [0.3, 0.4) is 0 Å². The van der Waals surface area contributed by atoms with E-state index in [1.165, 1.54) is 11.8 Å². The summed E-state index contributed by atoms with van der Waals surface area (Å²) in [6.07, 6.45) is 1.92. The van der Waals surface area contributed by atoms with Crippen LogP contribution in [0.2, 0.25) is 0 Å². The van der Waals surface area contributed by atoms with Crippen LogP contribution in [0.1, 0.15) is 37.8 Å². The Morgan fingerprint density at radius 2 is 1.75 bits per heavy atom. The molecule has 0 heterocycles. The average molecular weight is 459 g/mol. The molecule has 2 aromatic carbocycles. The van der Waals surface area contributed by atoms with Crippen LogP contribution < -0.4 is 14.8 Å². The van der Waals surface area contributed by atoms with E-state index in [9.17, 15) is 9.59 Å². The molecule has 0 unspecified atom stereocenters. The summed E-state index contributed by atoms with van der Waals surface area (Å²) in [6, 6.07) is 14.8. The summed E-state index contributed by atoms with van der Waals surface area (Å²) in [4.78, 5) is 27.5. The van der Waals surface area contributed by atoms with Crippen LogP contribution in [0.5, 0.6) is 11.5 Å². The third-order valence-electron chi connectivity index (χ3n) is 5.14. The summed E-state index contributed by atoms with van der Waals surface area (Å²) in [7, 11) is 3.25. The standard InChI is InChI=1S/C25H34N2O4S/c1-5-6-14-26-25(29)19(2)27(16-21-8-7-9-23(15-21)31-4)24(28)18-32-17-20-10-12-22(30-3)13-11-20/h7-13,15,19H,5-6,14,16-18H2,1-4H3,(H,26,29)/t19-/m1/s1. The number of thioether (sulfide) groups is 1. The van der Waals surface area contributed by atoms with E-state index in [0.717, 1.165) is 35.5 Å². The SMILES string of the molecule is CCCCNC(=O)[C@@H](C)N(Cc1cccc(OC)c1)C(=O)CSCc1ccc(OC)cc1. The number of amides is 2. The van der Waals surface area contributed by atoms with Crippen molar-refractivity contribution in [3.63, 3.8) is 0 Å². The van der Waals surface area contributed by atoms with Gasteiger partial charge in [0.25, 0.3) is 0 Å². The largest absolute Gasteiger partial charge is 0.497 e. The number of hydrogen-bond donors (Lipinski definition) is 1. The van der Waals surface area contributed by atoms with Crippen molar-refractivity contribution < 1.29 is 19.1 Å². The van der Waals surface area contributed by atoms with Gasteiger partial charge in [-0.3, -0.25) is 9.59 Å². The molecule has 0 aliphatic carbocycles. The highest BCUT2D eigenvalue weighted by atomic mass is 32.2. The number of benzene rings is 2. The van der Waals surface area contributed by atoms with E-state index in [4.69, 9.17) is 9.47 Å². The van der Waals surface area contributed by atoms with E-state index >= 15 is 0 Å². The number of rotatable bonds is 13. The van der Waals surface area contributed by atoms with Gasteiger partial charge in [-0.25, -0.2) is 0 Å². The van der Waals surface area contributed by atoms with Crippen LogP contribution in [0.25, 0.3) is 0 Å². The molecule has 1 atom stereocenters. The van der Waals surface area contributed by atoms with Crippen LogP contribution in [0, 0.1) is 0 Å². The second-order valence-corrected chi connectivity index (χ2v) is 8.52. The van der Waals surface area contributed by atoms with Gasteiger partial charge in [0.2, 0.25) is 11.8 Å². The lowest BCUT2D eigenvalue weighted by Crippen LogP contribution is -2.48. The highest BCUT2D eigenvalue weighted by Gasteiger charge is 2.26. The topological polar surface area (TPSA) is 67.9 Å².